The summed E-state index contributed by atoms with van der Waals surface area (Å²) in [6.45, 7) is 1.30. The second-order valence-electron chi connectivity index (χ2n) is 8.55. The Balaban J connectivity index is 1.35. The second-order valence-corrected chi connectivity index (χ2v) is 9.92. The van der Waals surface area contributed by atoms with Gasteiger partial charge in [0, 0.05) is 57.4 Å². The van der Waals surface area contributed by atoms with Gasteiger partial charge < -0.3 is 14.1 Å². The van der Waals surface area contributed by atoms with Crippen molar-refractivity contribution in [2.24, 2.45) is 0 Å². The zero-order valence-electron chi connectivity index (χ0n) is 18.1. The van der Waals surface area contributed by atoms with Crippen LogP contribution in [0.4, 0.5) is 0 Å². The zero-order chi connectivity index (χ0) is 22.5. The number of carbonyl (C=O) groups is 1. The molecule has 4 aromatic rings. The van der Waals surface area contributed by atoms with Crippen molar-refractivity contribution < 1.29 is 18.2 Å². The molecular formula is C26H22N2O4S. The Kier molecular flexibility index (Phi) is 4.89. The molecule has 0 aliphatic carbocycles. The van der Waals surface area contributed by atoms with Gasteiger partial charge in [0.1, 0.15) is 11.3 Å². The third-order valence-corrected chi connectivity index (χ3v) is 7.40. The molecule has 0 N–H and O–H groups in total. The van der Waals surface area contributed by atoms with E-state index < -0.39 is 10.8 Å². The molecule has 1 unspecified atom stereocenters. The summed E-state index contributed by atoms with van der Waals surface area (Å²) in [5.41, 5.74) is 4.78. The van der Waals surface area contributed by atoms with Crippen molar-refractivity contribution >= 4 is 27.8 Å². The smallest absolute Gasteiger partial charge is 0.254 e. The van der Waals surface area contributed by atoms with Gasteiger partial charge in [-0.05, 0) is 42.3 Å². The van der Waals surface area contributed by atoms with Crippen LogP contribution < -0.4 is 0 Å². The van der Waals surface area contributed by atoms with Crippen LogP contribution in [0.15, 0.2) is 76.2 Å². The number of carbonyl (C=O) groups excluding carboxylic acids is 1. The van der Waals surface area contributed by atoms with Crippen LogP contribution in [0.3, 0.4) is 0 Å². The van der Waals surface area contributed by atoms with Crippen molar-refractivity contribution in [3.63, 3.8) is 0 Å². The van der Waals surface area contributed by atoms with Crippen LogP contribution in [0.1, 0.15) is 16.8 Å². The highest BCUT2D eigenvalue weighted by atomic mass is 32.2. The minimum absolute atomic E-state index is 0.0477. The van der Waals surface area contributed by atoms with E-state index in [1.54, 1.807) is 12.5 Å². The summed E-state index contributed by atoms with van der Waals surface area (Å²) >= 11 is 0. The van der Waals surface area contributed by atoms with E-state index in [1.807, 2.05) is 65.6 Å². The van der Waals surface area contributed by atoms with Crippen molar-refractivity contribution in [3.8, 4) is 22.5 Å². The van der Waals surface area contributed by atoms with Crippen molar-refractivity contribution in [1.82, 2.24) is 9.88 Å². The van der Waals surface area contributed by atoms with Gasteiger partial charge in [0.25, 0.3) is 5.91 Å². The van der Waals surface area contributed by atoms with E-state index in [2.05, 4.69) is 4.98 Å². The van der Waals surface area contributed by atoms with Crippen molar-refractivity contribution in [1.29, 1.82) is 0 Å². The highest BCUT2D eigenvalue weighted by Crippen LogP contribution is 2.35. The standard InChI is InChI=1S/C26H22N2O4S/c1-33(30)21-7-5-16(6-8-21)24-13-23-25(32-24)22(9-10-27-23)17-3-2-4-18(11-17)26(29)28-14-20-12-19(28)15-31-20/h2-11,13,19-20H,12,14-15H2,1H3/t19-,20-,33?/m0/s1. The normalized spacial score (nSPS) is 20.5. The van der Waals surface area contributed by atoms with E-state index in [-0.39, 0.29) is 18.1 Å². The Morgan fingerprint density at radius 3 is 2.67 bits per heavy atom. The van der Waals surface area contributed by atoms with Crippen LogP contribution in [-0.4, -0.2) is 51.6 Å². The van der Waals surface area contributed by atoms with Crippen LogP contribution in [0, 0.1) is 0 Å². The molecule has 3 atom stereocenters. The average Bonchev–Trinajstić information content (AvgIpc) is 3.59. The molecule has 2 fully saturated rings. The van der Waals surface area contributed by atoms with Crippen LogP contribution in [-0.2, 0) is 15.5 Å². The first-order valence-electron chi connectivity index (χ1n) is 10.9. The fraction of sp³-hybridized carbons (Fsp3) is 0.231. The van der Waals surface area contributed by atoms with Crippen LogP contribution >= 0.6 is 0 Å². The summed E-state index contributed by atoms with van der Waals surface area (Å²) in [6.07, 6.45) is 4.52. The van der Waals surface area contributed by atoms with E-state index in [1.165, 1.54) is 0 Å². The van der Waals surface area contributed by atoms with Gasteiger partial charge in [-0.1, -0.05) is 24.3 Å². The maximum atomic E-state index is 13.2. The third-order valence-electron chi connectivity index (χ3n) is 6.46. The molecule has 166 valence electrons. The molecule has 2 aromatic heterocycles. The van der Waals surface area contributed by atoms with Crippen molar-refractivity contribution in [2.45, 2.75) is 23.5 Å². The molecule has 7 heteroatoms. The van der Waals surface area contributed by atoms with Crippen LogP contribution in [0.5, 0.6) is 0 Å². The summed E-state index contributed by atoms with van der Waals surface area (Å²) in [5, 5.41) is 0. The molecule has 33 heavy (non-hydrogen) atoms. The molecule has 2 aliphatic rings. The Hall–Kier alpha value is -3.29. The summed E-state index contributed by atoms with van der Waals surface area (Å²) in [6, 6.07) is 19.2. The van der Waals surface area contributed by atoms with Crippen molar-refractivity contribution in [3.05, 3.63) is 72.4 Å². The van der Waals surface area contributed by atoms with E-state index in [0.717, 1.165) is 33.5 Å². The number of morpholine rings is 1. The predicted molar refractivity (Wildman–Crippen MR) is 126 cm³/mol. The number of pyridine rings is 1. The first kappa shape index (κ1) is 20.3. The Bertz CT molecular complexity index is 1400. The van der Waals surface area contributed by atoms with Gasteiger partial charge in [-0.3, -0.25) is 14.0 Å². The molecule has 6 nitrogen and oxygen atoms in total. The van der Waals surface area contributed by atoms with E-state index in [0.29, 0.717) is 30.1 Å². The molecule has 6 rings (SSSR count). The van der Waals surface area contributed by atoms with E-state index >= 15 is 0 Å². The van der Waals surface area contributed by atoms with Gasteiger partial charge >= 0.3 is 0 Å². The topological polar surface area (TPSA) is 72.6 Å². The van der Waals surface area contributed by atoms with Gasteiger partial charge in [-0.15, -0.1) is 0 Å². The largest absolute Gasteiger partial charge is 0.454 e. The fourth-order valence-corrected chi connectivity index (χ4v) is 5.27. The lowest BCUT2D eigenvalue weighted by molar-refractivity contribution is 0.0259. The van der Waals surface area contributed by atoms with E-state index in [9.17, 15) is 9.00 Å². The van der Waals surface area contributed by atoms with Crippen molar-refractivity contribution in [2.75, 3.05) is 19.4 Å². The zero-order valence-corrected chi connectivity index (χ0v) is 18.9. The first-order chi connectivity index (χ1) is 16.1. The molecule has 1 amide bonds. The number of hydrogen-bond donors (Lipinski definition) is 0. The highest BCUT2D eigenvalue weighted by molar-refractivity contribution is 7.84. The lowest BCUT2D eigenvalue weighted by atomic mass is 10.0. The molecule has 0 spiro atoms. The number of furan rings is 1. The number of ether oxygens (including phenoxy) is 1. The molecule has 2 aromatic carbocycles. The van der Waals surface area contributed by atoms with Gasteiger partial charge in [0.05, 0.1) is 18.8 Å². The van der Waals surface area contributed by atoms with Crippen LogP contribution in [0.2, 0.25) is 0 Å². The number of likely N-dealkylation sites (tertiary alicyclic amines) is 1. The number of benzene rings is 2. The number of fused-ring (bicyclic) bond motifs is 3. The first-order valence-corrected chi connectivity index (χ1v) is 12.5. The molecule has 0 saturated carbocycles. The monoisotopic (exact) mass is 458 g/mol. The average molecular weight is 459 g/mol. The number of aromatic nitrogens is 1. The minimum atomic E-state index is -1.03. The molecule has 2 bridgehead atoms. The Labute approximate surface area is 193 Å². The summed E-state index contributed by atoms with van der Waals surface area (Å²) in [4.78, 5) is 20.3. The third kappa shape index (κ3) is 3.57. The molecule has 2 aliphatic heterocycles. The molecule has 2 saturated heterocycles. The number of rotatable bonds is 4. The summed E-state index contributed by atoms with van der Waals surface area (Å²) in [5.74, 6) is 0.741. The number of nitrogens with zero attached hydrogens (tertiary/aromatic N) is 2. The Morgan fingerprint density at radius 1 is 1.09 bits per heavy atom. The summed E-state index contributed by atoms with van der Waals surface area (Å²) in [7, 11) is -1.03. The number of amides is 1. The molecular weight excluding hydrogens is 436 g/mol. The molecule has 0 radical (unpaired) electrons. The Morgan fingerprint density at radius 2 is 1.94 bits per heavy atom. The summed E-state index contributed by atoms with van der Waals surface area (Å²) < 4.78 is 23.5. The predicted octanol–water partition coefficient (Wildman–Crippen LogP) is 4.51. The van der Waals surface area contributed by atoms with Gasteiger partial charge in [-0.2, -0.15) is 0 Å². The lowest BCUT2D eigenvalue weighted by Crippen LogP contribution is -2.41. The quantitative estimate of drug-likeness (QED) is 0.450. The minimum Gasteiger partial charge on any atom is -0.454 e. The maximum Gasteiger partial charge on any atom is 0.254 e. The second kappa shape index (κ2) is 7.93. The SMILES string of the molecule is CS(=O)c1ccc(-c2cc3nccc(-c4cccc(C(=O)N5C[C@@H]6C[C@H]5CO6)c4)c3o2)cc1. The number of hydrogen-bond acceptors (Lipinski definition) is 5. The maximum absolute atomic E-state index is 13.2. The van der Waals surface area contributed by atoms with Gasteiger partial charge in [0.15, 0.2) is 5.58 Å². The molecule has 4 heterocycles. The van der Waals surface area contributed by atoms with Gasteiger partial charge in [0.2, 0.25) is 0 Å². The lowest BCUT2D eigenvalue weighted by Gasteiger charge is -2.27. The van der Waals surface area contributed by atoms with Gasteiger partial charge in [-0.25, -0.2) is 0 Å². The van der Waals surface area contributed by atoms with E-state index in [4.69, 9.17) is 9.15 Å². The van der Waals surface area contributed by atoms with Crippen LogP contribution in [0.25, 0.3) is 33.6 Å². The highest BCUT2D eigenvalue weighted by Gasteiger charge is 2.41. The fourth-order valence-electron chi connectivity index (χ4n) is 4.75.